The van der Waals surface area contributed by atoms with Gasteiger partial charge in [0, 0.05) is 10.4 Å². The summed E-state index contributed by atoms with van der Waals surface area (Å²) in [6, 6.07) is 20.6. The lowest BCUT2D eigenvalue weighted by atomic mass is 9.92. The number of fused-ring (bicyclic) bond motifs is 1. The van der Waals surface area contributed by atoms with Gasteiger partial charge >= 0.3 is 0 Å². The summed E-state index contributed by atoms with van der Waals surface area (Å²) in [5, 5.41) is 20.1. The molecule has 170 valence electrons. The fourth-order valence-electron chi connectivity index (χ4n) is 3.75. The number of carbonyl (C=O) groups excluding carboxylic acids is 1. The van der Waals surface area contributed by atoms with Crippen molar-refractivity contribution < 1.29 is 9.90 Å². The molecule has 0 bridgehead atoms. The molecule has 1 aromatic heterocycles. The Morgan fingerprint density at radius 2 is 1.79 bits per heavy atom. The van der Waals surface area contributed by atoms with Crippen LogP contribution in [0.5, 0.6) is 5.75 Å². The first-order chi connectivity index (χ1) is 15.6. The zero-order valence-electron chi connectivity index (χ0n) is 19.3. The number of halogens is 1. The molecule has 3 aromatic carbocycles. The second-order valence-electron chi connectivity index (χ2n) is 9.39. The van der Waals surface area contributed by atoms with Gasteiger partial charge in [0.25, 0.3) is 0 Å². The molecule has 0 saturated carbocycles. The van der Waals surface area contributed by atoms with Crippen molar-refractivity contribution >= 4 is 28.3 Å². The van der Waals surface area contributed by atoms with Crippen molar-refractivity contribution in [2.24, 2.45) is 0 Å². The Balaban J connectivity index is 1.56. The molecule has 5 nitrogen and oxygen atoms in total. The zero-order chi connectivity index (χ0) is 23.8. The molecule has 0 aliphatic rings. The summed E-state index contributed by atoms with van der Waals surface area (Å²) in [6.45, 7) is 8.58. The Bertz CT molecular complexity index is 1320. The highest BCUT2D eigenvalue weighted by atomic mass is 35.5. The van der Waals surface area contributed by atoms with E-state index < -0.39 is 0 Å². The molecule has 4 aromatic rings. The van der Waals surface area contributed by atoms with Crippen molar-refractivity contribution in [1.29, 1.82) is 0 Å². The van der Waals surface area contributed by atoms with Gasteiger partial charge in [-0.25, -0.2) is 4.68 Å². The topological polar surface area (TPSA) is 67.2 Å². The summed E-state index contributed by atoms with van der Waals surface area (Å²) in [7, 11) is 0. The van der Waals surface area contributed by atoms with E-state index in [9.17, 15) is 9.90 Å². The molecule has 0 radical (unpaired) electrons. The molecule has 1 unspecified atom stereocenters. The summed E-state index contributed by atoms with van der Waals surface area (Å²) in [5.74, 6) is -0.163. The van der Waals surface area contributed by atoms with Gasteiger partial charge in [-0.2, -0.15) is 5.10 Å². The first kappa shape index (κ1) is 22.9. The van der Waals surface area contributed by atoms with Gasteiger partial charge in [-0.15, -0.1) is 0 Å². The largest absolute Gasteiger partial charge is 0.508 e. The van der Waals surface area contributed by atoms with Gasteiger partial charge in [0.05, 0.1) is 29.5 Å². The fourth-order valence-corrected chi connectivity index (χ4v) is 3.93. The standard InChI is InChI=1S/C27H28ClN3O2/c1-17(18-8-9-20-13-24(32)11-10-19(20)12-18)26(33)29-16-23-15-25(27(2,3)4)30-31(23)22-7-5-6-21(28)14-22/h5-15,17,32H,16H2,1-4H3,(H,29,33). The number of nitrogens with zero attached hydrogens (tertiary/aromatic N) is 2. The van der Waals surface area contributed by atoms with Crippen molar-refractivity contribution in [2.75, 3.05) is 0 Å². The smallest absolute Gasteiger partial charge is 0.227 e. The van der Waals surface area contributed by atoms with Crippen LogP contribution < -0.4 is 5.32 Å². The summed E-state index contributed by atoms with van der Waals surface area (Å²) >= 11 is 6.21. The number of nitrogens with one attached hydrogen (secondary N) is 1. The average Bonchev–Trinajstić information content (AvgIpc) is 3.21. The molecule has 0 spiro atoms. The van der Waals surface area contributed by atoms with Gasteiger partial charge in [-0.05, 0) is 59.7 Å². The number of hydrogen-bond acceptors (Lipinski definition) is 3. The maximum Gasteiger partial charge on any atom is 0.227 e. The molecule has 1 heterocycles. The molecule has 0 fully saturated rings. The summed E-state index contributed by atoms with van der Waals surface area (Å²) in [4.78, 5) is 13.0. The molecule has 0 aliphatic carbocycles. The number of hydrogen-bond donors (Lipinski definition) is 2. The van der Waals surface area contributed by atoms with E-state index in [0.717, 1.165) is 33.4 Å². The van der Waals surface area contributed by atoms with Crippen LogP contribution in [0.15, 0.2) is 66.7 Å². The van der Waals surface area contributed by atoms with Crippen LogP contribution in [0.25, 0.3) is 16.5 Å². The minimum atomic E-state index is -0.326. The van der Waals surface area contributed by atoms with Crippen molar-refractivity contribution in [2.45, 2.75) is 45.6 Å². The minimum absolute atomic E-state index is 0.0655. The highest BCUT2D eigenvalue weighted by molar-refractivity contribution is 6.30. The number of phenolic OH excluding ortho intramolecular Hbond substituents is 1. The van der Waals surface area contributed by atoms with E-state index in [-0.39, 0.29) is 23.0 Å². The third kappa shape index (κ3) is 5.04. The molecule has 33 heavy (non-hydrogen) atoms. The Morgan fingerprint density at radius 1 is 1.06 bits per heavy atom. The number of benzene rings is 3. The predicted molar refractivity (Wildman–Crippen MR) is 133 cm³/mol. The highest BCUT2D eigenvalue weighted by Gasteiger charge is 2.22. The fraction of sp³-hybridized carbons (Fsp3) is 0.259. The van der Waals surface area contributed by atoms with Gasteiger partial charge in [-0.3, -0.25) is 4.79 Å². The van der Waals surface area contributed by atoms with E-state index in [1.807, 2.05) is 66.2 Å². The first-order valence-electron chi connectivity index (χ1n) is 11.0. The Morgan fingerprint density at radius 3 is 2.52 bits per heavy atom. The highest BCUT2D eigenvalue weighted by Crippen LogP contribution is 2.26. The SMILES string of the molecule is CC(C(=O)NCc1cc(C(C)(C)C)nn1-c1cccc(Cl)c1)c1ccc2cc(O)ccc2c1. The first-order valence-corrected chi connectivity index (χ1v) is 11.4. The average molecular weight is 462 g/mol. The van der Waals surface area contributed by atoms with Crippen LogP contribution in [0.4, 0.5) is 0 Å². The molecule has 2 N–H and O–H groups in total. The Hall–Kier alpha value is -3.31. The summed E-state index contributed by atoms with van der Waals surface area (Å²) < 4.78 is 1.85. The zero-order valence-corrected chi connectivity index (χ0v) is 20.0. The monoisotopic (exact) mass is 461 g/mol. The van der Waals surface area contributed by atoms with Crippen LogP contribution in [-0.2, 0) is 16.8 Å². The molecule has 6 heteroatoms. The van der Waals surface area contributed by atoms with E-state index in [1.165, 1.54) is 0 Å². The third-order valence-electron chi connectivity index (χ3n) is 5.79. The number of amides is 1. The molecule has 1 amide bonds. The van der Waals surface area contributed by atoms with Crippen LogP contribution >= 0.6 is 11.6 Å². The quantitative estimate of drug-likeness (QED) is 0.377. The second kappa shape index (κ2) is 8.91. The van der Waals surface area contributed by atoms with Gasteiger partial charge in [-0.1, -0.05) is 62.7 Å². The summed E-state index contributed by atoms with van der Waals surface area (Å²) in [5.41, 5.74) is 3.47. The molecule has 0 saturated heterocycles. The maximum atomic E-state index is 13.0. The number of phenols is 1. The second-order valence-corrected chi connectivity index (χ2v) is 9.83. The molecular formula is C27H28ClN3O2. The lowest BCUT2D eigenvalue weighted by molar-refractivity contribution is -0.122. The number of aromatic nitrogens is 2. The van der Waals surface area contributed by atoms with E-state index >= 15 is 0 Å². The molecular weight excluding hydrogens is 434 g/mol. The van der Waals surface area contributed by atoms with Crippen LogP contribution in [-0.4, -0.2) is 20.8 Å². The van der Waals surface area contributed by atoms with Gasteiger partial charge in [0.15, 0.2) is 0 Å². The van der Waals surface area contributed by atoms with Crippen molar-refractivity contribution in [3.63, 3.8) is 0 Å². The van der Waals surface area contributed by atoms with E-state index in [2.05, 4.69) is 26.1 Å². The van der Waals surface area contributed by atoms with E-state index in [4.69, 9.17) is 16.7 Å². The number of aromatic hydroxyl groups is 1. The Kier molecular flexibility index (Phi) is 6.17. The number of carbonyl (C=O) groups is 1. The summed E-state index contributed by atoms with van der Waals surface area (Å²) in [6.07, 6.45) is 0. The van der Waals surface area contributed by atoms with Crippen molar-refractivity contribution in [3.8, 4) is 11.4 Å². The van der Waals surface area contributed by atoms with Crippen molar-refractivity contribution in [3.05, 3.63) is 88.7 Å². The minimum Gasteiger partial charge on any atom is -0.508 e. The Labute approximate surface area is 199 Å². The normalized spacial score (nSPS) is 12.6. The molecule has 1 atom stereocenters. The maximum absolute atomic E-state index is 13.0. The van der Waals surface area contributed by atoms with Gasteiger partial charge < -0.3 is 10.4 Å². The van der Waals surface area contributed by atoms with Crippen molar-refractivity contribution in [1.82, 2.24) is 15.1 Å². The van der Waals surface area contributed by atoms with Crippen LogP contribution in [0.1, 0.15) is 50.6 Å². The van der Waals surface area contributed by atoms with Crippen LogP contribution in [0, 0.1) is 0 Å². The van der Waals surface area contributed by atoms with Gasteiger partial charge in [0.2, 0.25) is 5.91 Å². The molecule has 4 rings (SSSR count). The number of rotatable bonds is 5. The lowest BCUT2D eigenvalue weighted by Gasteiger charge is -2.14. The third-order valence-corrected chi connectivity index (χ3v) is 6.02. The van der Waals surface area contributed by atoms with Gasteiger partial charge in [0.1, 0.15) is 5.75 Å². The lowest BCUT2D eigenvalue weighted by Crippen LogP contribution is -2.28. The van der Waals surface area contributed by atoms with Crippen LogP contribution in [0.2, 0.25) is 5.02 Å². The molecule has 0 aliphatic heterocycles. The van der Waals surface area contributed by atoms with Crippen LogP contribution in [0.3, 0.4) is 0 Å². The predicted octanol–water partition coefficient (Wildman–Crippen LogP) is 6.10. The van der Waals surface area contributed by atoms with E-state index in [0.29, 0.717) is 11.6 Å². The van der Waals surface area contributed by atoms with E-state index in [1.54, 1.807) is 12.1 Å².